The van der Waals surface area contributed by atoms with Crippen molar-refractivity contribution in [2.45, 2.75) is 33.0 Å². The van der Waals surface area contributed by atoms with E-state index in [0.717, 1.165) is 36.3 Å². The molecule has 27 heavy (non-hydrogen) atoms. The molecule has 0 amide bonds. The zero-order valence-electron chi connectivity index (χ0n) is 15.4. The van der Waals surface area contributed by atoms with Gasteiger partial charge in [0.1, 0.15) is 0 Å². The van der Waals surface area contributed by atoms with E-state index in [-0.39, 0.29) is 5.97 Å². The highest BCUT2D eigenvalue weighted by Gasteiger charge is 2.29. The summed E-state index contributed by atoms with van der Waals surface area (Å²) in [6.07, 6.45) is 4.59. The molecular formula is C20H23N5O2. The topological polar surface area (TPSA) is 76.0 Å². The van der Waals surface area contributed by atoms with Gasteiger partial charge in [0.05, 0.1) is 19.3 Å². The van der Waals surface area contributed by atoms with Gasteiger partial charge in [-0.05, 0) is 12.5 Å². The van der Waals surface area contributed by atoms with E-state index >= 15 is 0 Å². The van der Waals surface area contributed by atoms with Crippen molar-refractivity contribution in [3.63, 3.8) is 0 Å². The number of H-pyrrole nitrogens is 1. The van der Waals surface area contributed by atoms with Crippen LogP contribution in [0.1, 0.15) is 39.8 Å². The van der Waals surface area contributed by atoms with Crippen LogP contribution in [0.2, 0.25) is 0 Å². The van der Waals surface area contributed by atoms with Crippen LogP contribution in [0, 0.1) is 0 Å². The zero-order valence-corrected chi connectivity index (χ0v) is 15.4. The number of hydrogen-bond acceptors (Lipinski definition) is 5. The van der Waals surface area contributed by atoms with E-state index in [4.69, 9.17) is 4.74 Å². The lowest BCUT2D eigenvalue weighted by molar-refractivity contribution is 0.0515. The second-order valence-corrected chi connectivity index (χ2v) is 6.70. The number of esters is 1. The Balaban J connectivity index is 1.62. The number of rotatable bonds is 6. The minimum Gasteiger partial charge on any atom is -0.461 e. The molecule has 140 valence electrons. The molecule has 0 spiro atoms. The summed E-state index contributed by atoms with van der Waals surface area (Å²) in [5.74, 6) is -0.342. The number of carbonyl (C=O) groups is 1. The summed E-state index contributed by atoms with van der Waals surface area (Å²) >= 11 is 0. The van der Waals surface area contributed by atoms with Crippen LogP contribution in [0.4, 0.5) is 0 Å². The third-order valence-corrected chi connectivity index (χ3v) is 4.82. The lowest BCUT2D eigenvalue weighted by atomic mass is 10.0. The maximum Gasteiger partial charge on any atom is 0.359 e. The van der Waals surface area contributed by atoms with Crippen LogP contribution < -0.4 is 0 Å². The van der Waals surface area contributed by atoms with Crippen LogP contribution in [-0.4, -0.2) is 44.0 Å². The van der Waals surface area contributed by atoms with Crippen molar-refractivity contribution < 1.29 is 9.53 Å². The number of nitrogens with one attached hydrogen (secondary N) is 1. The molecule has 1 aromatic carbocycles. The lowest BCUT2D eigenvalue weighted by Crippen LogP contribution is -2.31. The van der Waals surface area contributed by atoms with Gasteiger partial charge in [0, 0.05) is 49.1 Å². The monoisotopic (exact) mass is 365 g/mol. The van der Waals surface area contributed by atoms with Crippen molar-refractivity contribution >= 4 is 5.97 Å². The molecule has 7 nitrogen and oxygen atoms in total. The summed E-state index contributed by atoms with van der Waals surface area (Å²) in [5, 5.41) is 11.5. The minimum atomic E-state index is -0.342. The second kappa shape index (κ2) is 7.75. The Kier molecular flexibility index (Phi) is 5.02. The van der Waals surface area contributed by atoms with Gasteiger partial charge in [0.2, 0.25) is 0 Å². The van der Waals surface area contributed by atoms with Crippen LogP contribution in [-0.2, 0) is 30.8 Å². The quantitative estimate of drug-likeness (QED) is 0.679. The van der Waals surface area contributed by atoms with E-state index in [1.807, 2.05) is 42.2 Å². The molecule has 7 heteroatoms. The van der Waals surface area contributed by atoms with E-state index in [2.05, 4.69) is 32.3 Å². The molecule has 0 aliphatic carbocycles. The summed E-state index contributed by atoms with van der Waals surface area (Å²) in [7, 11) is 0. The SMILES string of the molecule is CCOC(=O)c1nn(Cc2ccccc2)c2c1CN(Cc1cn[nH]c1)CC2. The molecule has 1 N–H and O–H groups in total. The first-order valence-electron chi connectivity index (χ1n) is 9.24. The number of hydrogen-bond donors (Lipinski definition) is 1. The number of benzene rings is 1. The third kappa shape index (κ3) is 3.78. The standard InChI is InChI=1S/C20H23N5O2/c1-2-27-20(26)19-17-14-24(12-16-10-21-22-11-16)9-8-18(17)25(23-19)13-15-6-4-3-5-7-15/h3-7,10-11H,2,8-9,12-14H2,1H3,(H,21,22). The summed E-state index contributed by atoms with van der Waals surface area (Å²) in [4.78, 5) is 14.8. The molecule has 0 fully saturated rings. The molecule has 3 heterocycles. The van der Waals surface area contributed by atoms with Gasteiger partial charge in [-0.25, -0.2) is 4.79 Å². The van der Waals surface area contributed by atoms with E-state index in [1.54, 1.807) is 0 Å². The lowest BCUT2D eigenvalue weighted by Gasteiger charge is -2.27. The first-order valence-corrected chi connectivity index (χ1v) is 9.24. The molecule has 0 radical (unpaired) electrons. The van der Waals surface area contributed by atoms with Crippen LogP contribution in [0.5, 0.6) is 0 Å². The summed E-state index contributed by atoms with van der Waals surface area (Å²) < 4.78 is 7.21. The predicted molar refractivity (Wildman–Crippen MR) is 100 cm³/mol. The number of aromatic nitrogens is 4. The Morgan fingerprint density at radius 2 is 2.07 bits per heavy atom. The highest BCUT2D eigenvalue weighted by Crippen LogP contribution is 2.25. The van der Waals surface area contributed by atoms with Gasteiger partial charge in [-0.3, -0.25) is 14.7 Å². The van der Waals surface area contributed by atoms with Crippen LogP contribution >= 0.6 is 0 Å². The smallest absolute Gasteiger partial charge is 0.359 e. The Morgan fingerprint density at radius 3 is 2.81 bits per heavy atom. The summed E-state index contributed by atoms with van der Waals surface area (Å²) in [6, 6.07) is 10.2. The third-order valence-electron chi connectivity index (χ3n) is 4.82. The van der Waals surface area contributed by atoms with Gasteiger partial charge >= 0.3 is 5.97 Å². The fraction of sp³-hybridized carbons (Fsp3) is 0.350. The van der Waals surface area contributed by atoms with Gasteiger partial charge in [-0.1, -0.05) is 30.3 Å². The minimum absolute atomic E-state index is 0.342. The fourth-order valence-corrected chi connectivity index (χ4v) is 3.55. The molecule has 0 unspecified atom stereocenters. The van der Waals surface area contributed by atoms with Gasteiger partial charge in [0.25, 0.3) is 0 Å². The first kappa shape index (κ1) is 17.5. The number of aromatic amines is 1. The number of nitrogens with zero attached hydrogens (tertiary/aromatic N) is 4. The average molecular weight is 365 g/mol. The van der Waals surface area contributed by atoms with Gasteiger partial charge in [-0.15, -0.1) is 0 Å². The molecule has 0 atom stereocenters. The maximum absolute atomic E-state index is 12.5. The zero-order chi connectivity index (χ0) is 18.6. The molecule has 4 rings (SSSR count). The predicted octanol–water partition coefficient (Wildman–Crippen LogP) is 2.39. The molecule has 2 aromatic heterocycles. The van der Waals surface area contributed by atoms with Crippen LogP contribution in [0.25, 0.3) is 0 Å². The molecule has 1 aliphatic heterocycles. The molecule has 1 aliphatic rings. The first-order chi connectivity index (χ1) is 13.2. The van der Waals surface area contributed by atoms with E-state index in [9.17, 15) is 4.79 Å². The van der Waals surface area contributed by atoms with Gasteiger partial charge < -0.3 is 4.74 Å². The Hall–Kier alpha value is -2.93. The number of ether oxygens (including phenoxy) is 1. The largest absolute Gasteiger partial charge is 0.461 e. The normalized spacial score (nSPS) is 14.1. The summed E-state index contributed by atoms with van der Waals surface area (Å²) in [5.41, 5.74) is 4.86. The van der Waals surface area contributed by atoms with Crippen molar-refractivity contribution in [1.29, 1.82) is 0 Å². The van der Waals surface area contributed by atoms with Crippen molar-refractivity contribution in [2.24, 2.45) is 0 Å². The summed E-state index contributed by atoms with van der Waals surface area (Å²) in [6.45, 7) is 5.21. The Bertz CT molecular complexity index is 902. The van der Waals surface area contributed by atoms with Gasteiger partial charge in [-0.2, -0.15) is 10.2 Å². The van der Waals surface area contributed by atoms with Crippen molar-refractivity contribution in [1.82, 2.24) is 24.9 Å². The van der Waals surface area contributed by atoms with Gasteiger partial charge in [0.15, 0.2) is 5.69 Å². The second-order valence-electron chi connectivity index (χ2n) is 6.70. The number of fused-ring (bicyclic) bond motifs is 1. The molecule has 0 bridgehead atoms. The van der Waals surface area contributed by atoms with Crippen LogP contribution in [0.15, 0.2) is 42.7 Å². The molecular weight excluding hydrogens is 342 g/mol. The average Bonchev–Trinajstić information content (AvgIpc) is 3.31. The molecule has 0 saturated heterocycles. The molecule has 0 saturated carbocycles. The Morgan fingerprint density at radius 1 is 1.22 bits per heavy atom. The van der Waals surface area contributed by atoms with Crippen LogP contribution in [0.3, 0.4) is 0 Å². The van der Waals surface area contributed by atoms with Crippen molar-refractivity contribution in [3.05, 3.63) is 70.8 Å². The fourth-order valence-electron chi connectivity index (χ4n) is 3.55. The highest BCUT2D eigenvalue weighted by atomic mass is 16.5. The van der Waals surface area contributed by atoms with E-state index < -0.39 is 0 Å². The maximum atomic E-state index is 12.5. The number of carbonyl (C=O) groups excluding carboxylic acids is 1. The van der Waals surface area contributed by atoms with Crippen molar-refractivity contribution in [3.8, 4) is 0 Å². The van der Waals surface area contributed by atoms with Crippen molar-refractivity contribution in [2.75, 3.05) is 13.2 Å². The van der Waals surface area contributed by atoms with E-state index in [1.165, 1.54) is 5.56 Å². The Labute approximate surface area is 157 Å². The molecule has 3 aromatic rings. The highest BCUT2D eigenvalue weighted by molar-refractivity contribution is 5.89. The van der Waals surface area contributed by atoms with E-state index in [0.29, 0.717) is 25.4 Å².